The Bertz CT molecular complexity index is 850. The van der Waals surface area contributed by atoms with Crippen molar-refractivity contribution in [3.05, 3.63) is 42.2 Å². The number of fused-ring (bicyclic) bond motifs is 1. The van der Waals surface area contributed by atoms with Crippen LogP contribution < -0.4 is 0 Å². The fourth-order valence-corrected chi connectivity index (χ4v) is 4.54. The van der Waals surface area contributed by atoms with Gasteiger partial charge >= 0.3 is 5.97 Å². The van der Waals surface area contributed by atoms with Crippen LogP contribution >= 0.6 is 0 Å². The average Bonchev–Trinajstić information content (AvgIpc) is 2.98. The maximum absolute atomic E-state index is 14.6. The zero-order chi connectivity index (χ0) is 15.9. The zero-order valence-electron chi connectivity index (χ0n) is 11.6. The Morgan fingerprint density at radius 3 is 2.68 bits per heavy atom. The van der Waals surface area contributed by atoms with Gasteiger partial charge < -0.3 is 5.11 Å². The number of halogens is 1. The second-order valence-electron chi connectivity index (χ2n) is 5.21. The number of sulfonamides is 1. The SMILES string of the molecule is O=C(O)[C@H]1CCCN1S(=O)(=O)c1ccc2ccccc2c1F. The predicted molar refractivity (Wildman–Crippen MR) is 78.5 cm³/mol. The molecule has 116 valence electrons. The maximum Gasteiger partial charge on any atom is 0.322 e. The van der Waals surface area contributed by atoms with Crippen LogP contribution in [0.4, 0.5) is 4.39 Å². The molecule has 0 spiro atoms. The molecular weight excluding hydrogens is 309 g/mol. The molecule has 1 atom stereocenters. The average molecular weight is 323 g/mol. The molecule has 0 amide bonds. The molecule has 0 aromatic heterocycles. The number of hydrogen-bond donors (Lipinski definition) is 1. The van der Waals surface area contributed by atoms with Crippen molar-refractivity contribution < 1.29 is 22.7 Å². The molecule has 0 aliphatic carbocycles. The van der Waals surface area contributed by atoms with Gasteiger partial charge in [0.25, 0.3) is 0 Å². The quantitative estimate of drug-likeness (QED) is 0.940. The third kappa shape index (κ3) is 2.26. The minimum Gasteiger partial charge on any atom is -0.480 e. The lowest BCUT2D eigenvalue weighted by molar-refractivity contribution is -0.140. The summed E-state index contributed by atoms with van der Waals surface area (Å²) < 4.78 is 40.7. The van der Waals surface area contributed by atoms with Crippen LogP contribution in [0.15, 0.2) is 41.3 Å². The van der Waals surface area contributed by atoms with Gasteiger partial charge in [0.05, 0.1) is 0 Å². The van der Waals surface area contributed by atoms with Gasteiger partial charge in [0, 0.05) is 11.9 Å². The van der Waals surface area contributed by atoms with E-state index in [9.17, 15) is 17.6 Å². The molecule has 1 heterocycles. The number of benzene rings is 2. The summed E-state index contributed by atoms with van der Waals surface area (Å²) in [5.41, 5.74) is 0. The lowest BCUT2D eigenvalue weighted by atomic mass is 10.1. The zero-order valence-corrected chi connectivity index (χ0v) is 12.4. The van der Waals surface area contributed by atoms with Crippen LogP contribution in [0, 0.1) is 5.82 Å². The Morgan fingerprint density at radius 1 is 1.23 bits per heavy atom. The highest BCUT2D eigenvalue weighted by Gasteiger charge is 2.40. The van der Waals surface area contributed by atoms with Crippen molar-refractivity contribution in [3.8, 4) is 0 Å². The van der Waals surface area contributed by atoms with Gasteiger partial charge in [-0.15, -0.1) is 0 Å². The van der Waals surface area contributed by atoms with E-state index in [1.165, 1.54) is 18.2 Å². The first-order valence-electron chi connectivity index (χ1n) is 6.85. The van der Waals surface area contributed by atoms with Crippen molar-refractivity contribution >= 4 is 26.8 Å². The number of hydrogen-bond acceptors (Lipinski definition) is 3. The van der Waals surface area contributed by atoms with Crippen LogP contribution in [0.25, 0.3) is 10.8 Å². The molecule has 2 aromatic rings. The van der Waals surface area contributed by atoms with Gasteiger partial charge in [-0.25, -0.2) is 12.8 Å². The minimum absolute atomic E-state index is 0.0889. The first-order valence-corrected chi connectivity index (χ1v) is 8.29. The van der Waals surface area contributed by atoms with Crippen LogP contribution in [0.2, 0.25) is 0 Å². The lowest BCUT2D eigenvalue weighted by Crippen LogP contribution is -2.40. The number of nitrogens with zero attached hydrogens (tertiary/aromatic N) is 1. The molecule has 3 rings (SSSR count). The van der Waals surface area contributed by atoms with E-state index < -0.39 is 32.7 Å². The first-order chi connectivity index (χ1) is 10.4. The smallest absolute Gasteiger partial charge is 0.322 e. The van der Waals surface area contributed by atoms with Crippen molar-refractivity contribution in [2.45, 2.75) is 23.8 Å². The molecule has 1 saturated heterocycles. The molecular formula is C15H14FNO4S. The largest absolute Gasteiger partial charge is 0.480 e. The van der Waals surface area contributed by atoms with Gasteiger partial charge in [-0.1, -0.05) is 30.3 Å². The Balaban J connectivity index is 2.13. The third-order valence-corrected chi connectivity index (χ3v) is 5.83. The minimum atomic E-state index is -4.18. The monoisotopic (exact) mass is 323 g/mol. The Kier molecular flexibility index (Phi) is 3.62. The van der Waals surface area contributed by atoms with Gasteiger partial charge in [0.2, 0.25) is 10.0 Å². The van der Waals surface area contributed by atoms with Crippen LogP contribution in [-0.4, -0.2) is 36.4 Å². The maximum atomic E-state index is 14.6. The molecule has 2 aromatic carbocycles. The van der Waals surface area contributed by atoms with Crippen molar-refractivity contribution in [2.75, 3.05) is 6.54 Å². The Labute approximate surface area is 127 Å². The van der Waals surface area contributed by atoms with Gasteiger partial charge in [0.15, 0.2) is 5.82 Å². The van der Waals surface area contributed by atoms with Gasteiger partial charge in [-0.05, 0) is 24.3 Å². The lowest BCUT2D eigenvalue weighted by Gasteiger charge is -2.21. The summed E-state index contributed by atoms with van der Waals surface area (Å²) in [4.78, 5) is 10.7. The van der Waals surface area contributed by atoms with Crippen LogP contribution in [0.1, 0.15) is 12.8 Å². The molecule has 22 heavy (non-hydrogen) atoms. The number of rotatable bonds is 3. The van der Waals surface area contributed by atoms with E-state index in [-0.39, 0.29) is 18.4 Å². The molecule has 1 aliphatic heterocycles. The number of aliphatic carboxylic acids is 1. The molecule has 0 unspecified atom stereocenters. The summed E-state index contributed by atoms with van der Waals surface area (Å²) in [7, 11) is -4.18. The van der Waals surface area contributed by atoms with Crippen LogP contribution in [0.5, 0.6) is 0 Å². The second kappa shape index (κ2) is 5.33. The number of carbonyl (C=O) groups is 1. The number of carboxylic acid groups (broad SMARTS) is 1. The summed E-state index contributed by atoms with van der Waals surface area (Å²) in [6, 6.07) is 8.14. The molecule has 0 radical (unpaired) electrons. The summed E-state index contributed by atoms with van der Waals surface area (Å²) >= 11 is 0. The topological polar surface area (TPSA) is 74.7 Å². The van der Waals surface area contributed by atoms with E-state index in [1.54, 1.807) is 18.2 Å². The molecule has 1 fully saturated rings. The highest BCUT2D eigenvalue weighted by molar-refractivity contribution is 7.89. The van der Waals surface area contributed by atoms with Gasteiger partial charge in [-0.2, -0.15) is 4.31 Å². The van der Waals surface area contributed by atoms with Crippen molar-refractivity contribution in [3.63, 3.8) is 0 Å². The Hall–Kier alpha value is -1.99. The molecule has 1 aliphatic rings. The molecule has 7 heteroatoms. The van der Waals surface area contributed by atoms with E-state index in [0.29, 0.717) is 11.8 Å². The fourth-order valence-electron chi connectivity index (χ4n) is 2.81. The summed E-state index contributed by atoms with van der Waals surface area (Å²) in [5, 5.41) is 9.93. The first kappa shape index (κ1) is 14.9. The highest BCUT2D eigenvalue weighted by Crippen LogP contribution is 2.30. The Morgan fingerprint density at radius 2 is 1.95 bits per heavy atom. The van der Waals surface area contributed by atoms with Crippen LogP contribution in [-0.2, 0) is 14.8 Å². The van der Waals surface area contributed by atoms with E-state index in [0.717, 1.165) is 4.31 Å². The van der Waals surface area contributed by atoms with Gasteiger partial charge in [-0.3, -0.25) is 4.79 Å². The normalized spacial score (nSPS) is 19.6. The van der Waals surface area contributed by atoms with Crippen molar-refractivity contribution in [1.82, 2.24) is 4.31 Å². The predicted octanol–water partition coefficient (Wildman–Crippen LogP) is 2.22. The summed E-state index contributed by atoms with van der Waals surface area (Å²) in [5.74, 6) is -2.04. The van der Waals surface area contributed by atoms with Gasteiger partial charge in [0.1, 0.15) is 10.9 Å². The fraction of sp³-hybridized carbons (Fsp3) is 0.267. The molecule has 5 nitrogen and oxygen atoms in total. The molecule has 1 N–H and O–H groups in total. The molecule has 0 bridgehead atoms. The summed E-state index contributed by atoms with van der Waals surface area (Å²) in [6.45, 7) is 0.0889. The van der Waals surface area contributed by atoms with E-state index in [2.05, 4.69) is 0 Å². The van der Waals surface area contributed by atoms with E-state index in [1.807, 2.05) is 0 Å². The van der Waals surface area contributed by atoms with Crippen molar-refractivity contribution in [2.24, 2.45) is 0 Å². The second-order valence-corrected chi connectivity index (χ2v) is 7.07. The van der Waals surface area contributed by atoms with Crippen LogP contribution in [0.3, 0.4) is 0 Å². The standard InChI is InChI=1S/C15H14FNO4S/c16-14-11-5-2-1-4-10(11)7-8-13(14)22(20,21)17-9-3-6-12(17)15(18)19/h1-2,4-5,7-8,12H,3,6,9H2,(H,18,19)/t12-/m1/s1. The van der Waals surface area contributed by atoms with Crippen molar-refractivity contribution in [1.29, 1.82) is 0 Å². The van der Waals surface area contributed by atoms with E-state index in [4.69, 9.17) is 5.11 Å². The third-order valence-electron chi connectivity index (χ3n) is 3.90. The molecule has 0 saturated carbocycles. The highest BCUT2D eigenvalue weighted by atomic mass is 32.2. The van der Waals surface area contributed by atoms with E-state index >= 15 is 0 Å². The summed E-state index contributed by atoms with van der Waals surface area (Å²) in [6.07, 6.45) is 0.690. The number of carboxylic acids is 1.